The summed E-state index contributed by atoms with van der Waals surface area (Å²) in [6.07, 6.45) is -0.613. The summed E-state index contributed by atoms with van der Waals surface area (Å²) in [6.45, 7) is 2.16. The van der Waals surface area contributed by atoms with Gasteiger partial charge in [0.15, 0.2) is 12.4 Å². The lowest BCUT2D eigenvalue weighted by Gasteiger charge is -2.24. The van der Waals surface area contributed by atoms with Crippen molar-refractivity contribution in [2.45, 2.75) is 25.7 Å². The molecule has 1 aliphatic heterocycles. The molecular formula is C6H10O4. The average Bonchev–Trinajstić information content (AvgIpc) is 1.88. The smallest absolute Gasteiger partial charge is 0.333 e. The predicted molar refractivity (Wildman–Crippen MR) is 32.5 cm³/mol. The molecule has 1 N–H and O–H groups in total. The highest BCUT2D eigenvalue weighted by Crippen LogP contribution is 2.11. The van der Waals surface area contributed by atoms with E-state index in [0.29, 0.717) is 13.0 Å². The standard InChI is InChI=1S/C6H10O4/c1-4-9-3-2-5(10-4)6(7)8/h4-5H,2-3H2,1H3,(H,7,8)/t4?,5-/m0/s1. The molecule has 0 saturated carbocycles. The van der Waals surface area contributed by atoms with Gasteiger partial charge in [-0.3, -0.25) is 0 Å². The van der Waals surface area contributed by atoms with Crippen LogP contribution in [-0.2, 0) is 14.3 Å². The lowest BCUT2D eigenvalue weighted by atomic mass is 10.2. The third-order valence-electron chi connectivity index (χ3n) is 1.36. The first-order valence-electron chi connectivity index (χ1n) is 3.20. The minimum atomic E-state index is -0.907. The molecule has 4 nitrogen and oxygen atoms in total. The summed E-state index contributed by atoms with van der Waals surface area (Å²) >= 11 is 0. The van der Waals surface area contributed by atoms with Crippen LogP contribution in [0.3, 0.4) is 0 Å². The Morgan fingerprint density at radius 2 is 2.40 bits per heavy atom. The molecule has 1 fully saturated rings. The zero-order chi connectivity index (χ0) is 7.56. The van der Waals surface area contributed by atoms with E-state index in [9.17, 15) is 4.79 Å². The second kappa shape index (κ2) is 2.98. The molecule has 0 spiro atoms. The molecular weight excluding hydrogens is 136 g/mol. The maximum atomic E-state index is 10.3. The van der Waals surface area contributed by atoms with E-state index >= 15 is 0 Å². The van der Waals surface area contributed by atoms with Gasteiger partial charge in [0, 0.05) is 6.42 Å². The molecule has 0 amide bonds. The fourth-order valence-electron chi connectivity index (χ4n) is 0.861. The van der Waals surface area contributed by atoms with Gasteiger partial charge < -0.3 is 14.6 Å². The molecule has 2 atom stereocenters. The highest BCUT2D eigenvalue weighted by molar-refractivity contribution is 5.72. The minimum Gasteiger partial charge on any atom is -0.479 e. The van der Waals surface area contributed by atoms with Crippen molar-refractivity contribution in [3.63, 3.8) is 0 Å². The van der Waals surface area contributed by atoms with Crippen molar-refractivity contribution in [2.24, 2.45) is 0 Å². The molecule has 4 heteroatoms. The number of rotatable bonds is 1. The number of ether oxygens (including phenoxy) is 2. The normalized spacial score (nSPS) is 33.7. The van der Waals surface area contributed by atoms with Crippen LogP contribution in [0.5, 0.6) is 0 Å². The van der Waals surface area contributed by atoms with Crippen molar-refractivity contribution in [1.82, 2.24) is 0 Å². The van der Waals surface area contributed by atoms with Gasteiger partial charge in [-0.2, -0.15) is 0 Å². The van der Waals surface area contributed by atoms with Crippen LogP contribution < -0.4 is 0 Å². The second-order valence-electron chi connectivity index (χ2n) is 2.19. The Morgan fingerprint density at radius 3 is 2.80 bits per heavy atom. The fraction of sp³-hybridized carbons (Fsp3) is 0.833. The van der Waals surface area contributed by atoms with E-state index in [1.54, 1.807) is 6.92 Å². The Kier molecular flexibility index (Phi) is 2.24. The summed E-state index contributed by atoms with van der Waals surface area (Å²) < 4.78 is 9.90. The van der Waals surface area contributed by atoms with Crippen molar-refractivity contribution in [3.8, 4) is 0 Å². The zero-order valence-corrected chi connectivity index (χ0v) is 5.74. The molecule has 58 valence electrons. The lowest BCUT2D eigenvalue weighted by Crippen LogP contribution is -2.35. The van der Waals surface area contributed by atoms with Gasteiger partial charge >= 0.3 is 5.97 Å². The van der Waals surface area contributed by atoms with Crippen molar-refractivity contribution >= 4 is 5.97 Å². The average molecular weight is 146 g/mol. The van der Waals surface area contributed by atoms with Crippen LogP contribution in [0.4, 0.5) is 0 Å². The number of aliphatic carboxylic acids is 1. The van der Waals surface area contributed by atoms with Gasteiger partial charge in [-0.1, -0.05) is 0 Å². The summed E-state index contributed by atoms with van der Waals surface area (Å²) in [5.74, 6) is -0.907. The Hall–Kier alpha value is -0.610. The van der Waals surface area contributed by atoms with E-state index in [4.69, 9.17) is 14.6 Å². The molecule has 1 aliphatic rings. The largest absolute Gasteiger partial charge is 0.479 e. The van der Waals surface area contributed by atoms with Gasteiger partial charge in [0.05, 0.1) is 6.61 Å². The van der Waals surface area contributed by atoms with Crippen LogP contribution in [0.2, 0.25) is 0 Å². The van der Waals surface area contributed by atoms with Gasteiger partial charge in [0.25, 0.3) is 0 Å². The van der Waals surface area contributed by atoms with E-state index in [1.165, 1.54) is 0 Å². The monoisotopic (exact) mass is 146 g/mol. The number of hydrogen-bond donors (Lipinski definition) is 1. The first-order valence-corrected chi connectivity index (χ1v) is 3.20. The molecule has 0 radical (unpaired) electrons. The van der Waals surface area contributed by atoms with Crippen LogP contribution in [0.1, 0.15) is 13.3 Å². The van der Waals surface area contributed by atoms with Crippen molar-refractivity contribution < 1.29 is 19.4 Å². The molecule has 0 aromatic rings. The van der Waals surface area contributed by atoms with E-state index < -0.39 is 12.1 Å². The lowest BCUT2D eigenvalue weighted by molar-refractivity contribution is -0.212. The Bertz CT molecular complexity index is 134. The number of carboxylic acid groups (broad SMARTS) is 1. The highest BCUT2D eigenvalue weighted by Gasteiger charge is 2.25. The molecule has 0 aromatic heterocycles. The van der Waals surface area contributed by atoms with E-state index in [0.717, 1.165) is 0 Å². The second-order valence-corrected chi connectivity index (χ2v) is 2.19. The van der Waals surface area contributed by atoms with Crippen LogP contribution in [0, 0.1) is 0 Å². The zero-order valence-electron chi connectivity index (χ0n) is 5.74. The van der Waals surface area contributed by atoms with Gasteiger partial charge in [-0.25, -0.2) is 4.79 Å². The third kappa shape index (κ3) is 1.68. The van der Waals surface area contributed by atoms with Gasteiger partial charge in [0.1, 0.15) is 0 Å². The number of carboxylic acids is 1. The van der Waals surface area contributed by atoms with Gasteiger partial charge in [-0.05, 0) is 6.92 Å². The maximum absolute atomic E-state index is 10.3. The van der Waals surface area contributed by atoms with E-state index in [2.05, 4.69) is 0 Å². The summed E-state index contributed by atoms with van der Waals surface area (Å²) in [6, 6.07) is 0. The number of hydrogen-bond acceptors (Lipinski definition) is 3. The Labute approximate surface area is 58.7 Å². The molecule has 0 bridgehead atoms. The van der Waals surface area contributed by atoms with E-state index in [-0.39, 0.29) is 6.29 Å². The minimum absolute atomic E-state index is 0.380. The fourth-order valence-corrected chi connectivity index (χ4v) is 0.861. The van der Waals surface area contributed by atoms with Crippen molar-refractivity contribution in [3.05, 3.63) is 0 Å². The van der Waals surface area contributed by atoms with Gasteiger partial charge in [-0.15, -0.1) is 0 Å². The van der Waals surface area contributed by atoms with Crippen LogP contribution in [-0.4, -0.2) is 30.1 Å². The topological polar surface area (TPSA) is 55.8 Å². The van der Waals surface area contributed by atoms with Crippen LogP contribution in [0.25, 0.3) is 0 Å². The number of carbonyl (C=O) groups is 1. The van der Waals surface area contributed by atoms with Crippen LogP contribution >= 0.6 is 0 Å². The molecule has 0 aromatic carbocycles. The highest BCUT2D eigenvalue weighted by atomic mass is 16.7. The van der Waals surface area contributed by atoms with Crippen molar-refractivity contribution in [2.75, 3.05) is 6.61 Å². The molecule has 10 heavy (non-hydrogen) atoms. The van der Waals surface area contributed by atoms with Crippen LogP contribution in [0.15, 0.2) is 0 Å². The summed E-state index contributed by atoms with van der Waals surface area (Å²) in [5, 5.41) is 8.48. The van der Waals surface area contributed by atoms with E-state index in [1.807, 2.05) is 0 Å². The molecule has 1 saturated heterocycles. The molecule has 0 aliphatic carbocycles. The van der Waals surface area contributed by atoms with Crippen molar-refractivity contribution in [1.29, 1.82) is 0 Å². The SMILES string of the molecule is CC1OCC[C@@H](C(=O)O)O1. The third-order valence-corrected chi connectivity index (χ3v) is 1.36. The molecule has 1 heterocycles. The molecule has 1 unspecified atom stereocenters. The quantitative estimate of drug-likeness (QED) is 0.575. The Morgan fingerprint density at radius 1 is 1.70 bits per heavy atom. The molecule has 1 rings (SSSR count). The van der Waals surface area contributed by atoms with Gasteiger partial charge in [0.2, 0.25) is 0 Å². The summed E-state index contributed by atoms with van der Waals surface area (Å²) in [7, 11) is 0. The maximum Gasteiger partial charge on any atom is 0.333 e. The summed E-state index contributed by atoms with van der Waals surface area (Å²) in [5.41, 5.74) is 0. The Balaban J connectivity index is 2.39. The first kappa shape index (κ1) is 7.50. The first-order chi connectivity index (χ1) is 4.70. The predicted octanol–water partition coefficient (Wildman–Crippen LogP) is 0.222. The summed E-state index contributed by atoms with van der Waals surface area (Å²) in [4.78, 5) is 10.3.